The molecule has 1 aliphatic heterocycles. The van der Waals surface area contributed by atoms with Gasteiger partial charge in [-0.2, -0.15) is 0 Å². The van der Waals surface area contributed by atoms with Crippen LogP contribution in [0.5, 0.6) is 0 Å². The minimum Gasteiger partial charge on any atom is -0.456 e. The van der Waals surface area contributed by atoms with Crippen molar-refractivity contribution in [2.75, 3.05) is 0 Å². The first kappa shape index (κ1) is 16.3. The third-order valence-electron chi connectivity index (χ3n) is 5.44. The van der Waals surface area contributed by atoms with E-state index in [-0.39, 0.29) is 0 Å². The lowest BCUT2D eigenvalue weighted by Gasteiger charge is -2.20. The largest absolute Gasteiger partial charge is 0.456 e. The monoisotopic (exact) mass is 398 g/mol. The van der Waals surface area contributed by atoms with Gasteiger partial charge in [0.25, 0.3) is 0 Å². The van der Waals surface area contributed by atoms with Crippen molar-refractivity contribution >= 4 is 45.3 Å². The number of fused-ring (bicyclic) bond motifs is 5. The summed E-state index contributed by atoms with van der Waals surface area (Å²) in [6.45, 7) is 0. The van der Waals surface area contributed by atoms with E-state index in [1.807, 2.05) is 36.0 Å². The predicted molar refractivity (Wildman–Crippen MR) is 118 cm³/mol. The molecule has 6 rings (SSSR count). The second kappa shape index (κ2) is 6.16. The molecule has 28 heavy (non-hydrogen) atoms. The van der Waals surface area contributed by atoms with Crippen molar-refractivity contribution in [1.82, 2.24) is 0 Å². The van der Waals surface area contributed by atoms with Crippen LogP contribution in [0.2, 0.25) is 5.02 Å². The third-order valence-corrected chi connectivity index (χ3v) is 7.00. The topological polar surface area (TPSA) is 13.1 Å². The second-order valence-corrected chi connectivity index (χ2v) is 8.62. The van der Waals surface area contributed by atoms with Crippen LogP contribution in [0.25, 0.3) is 33.1 Å². The molecule has 0 aliphatic carbocycles. The van der Waals surface area contributed by atoms with E-state index in [4.69, 9.17) is 16.0 Å². The van der Waals surface area contributed by atoms with Gasteiger partial charge >= 0.3 is 0 Å². The summed E-state index contributed by atoms with van der Waals surface area (Å²) >= 11 is 8.22. The van der Waals surface area contributed by atoms with E-state index in [1.54, 1.807) is 0 Å². The Kier molecular flexibility index (Phi) is 3.59. The molecule has 0 saturated heterocycles. The number of hydrogen-bond acceptors (Lipinski definition) is 2. The van der Waals surface area contributed by atoms with Gasteiger partial charge in [-0.05, 0) is 58.7 Å². The lowest BCUT2D eigenvalue weighted by atomic mass is 9.98. The number of benzene rings is 4. The first-order valence-corrected chi connectivity index (χ1v) is 10.5. The Hall–Kier alpha value is -2.68. The average molecular weight is 399 g/mol. The Bertz CT molecular complexity index is 1380. The van der Waals surface area contributed by atoms with Crippen molar-refractivity contribution in [2.24, 2.45) is 0 Å². The summed E-state index contributed by atoms with van der Waals surface area (Å²) in [6, 6.07) is 27.6. The zero-order valence-electron chi connectivity index (χ0n) is 14.9. The molecule has 1 nitrogen and oxygen atoms in total. The number of rotatable bonds is 1. The van der Waals surface area contributed by atoms with E-state index >= 15 is 0 Å². The van der Waals surface area contributed by atoms with Crippen molar-refractivity contribution < 1.29 is 4.42 Å². The SMILES string of the molecule is Clc1cccc2c1Cc1ccc(-c3ccc4oc5ccccc5c4c3)cc1S2. The molecule has 0 bridgehead atoms. The second-order valence-electron chi connectivity index (χ2n) is 7.13. The van der Waals surface area contributed by atoms with Gasteiger partial charge in [0.1, 0.15) is 11.2 Å². The van der Waals surface area contributed by atoms with E-state index in [1.165, 1.54) is 32.0 Å². The third kappa shape index (κ3) is 2.49. The van der Waals surface area contributed by atoms with Crippen LogP contribution in [-0.2, 0) is 6.42 Å². The molecule has 0 atom stereocenters. The molecule has 1 aliphatic rings. The fourth-order valence-electron chi connectivity index (χ4n) is 4.00. The summed E-state index contributed by atoms with van der Waals surface area (Å²) in [5.74, 6) is 0. The van der Waals surface area contributed by atoms with Crippen molar-refractivity contribution in [3.63, 3.8) is 0 Å². The highest BCUT2D eigenvalue weighted by Crippen LogP contribution is 2.43. The van der Waals surface area contributed by atoms with Crippen molar-refractivity contribution in [2.45, 2.75) is 16.2 Å². The summed E-state index contributed by atoms with van der Waals surface area (Å²) in [6.07, 6.45) is 0.892. The van der Waals surface area contributed by atoms with Crippen LogP contribution in [0.1, 0.15) is 11.1 Å². The van der Waals surface area contributed by atoms with Crippen molar-refractivity contribution in [1.29, 1.82) is 0 Å². The molecule has 1 aromatic heterocycles. The number of para-hydroxylation sites is 1. The number of furan rings is 1. The molecule has 0 N–H and O–H groups in total. The maximum Gasteiger partial charge on any atom is 0.135 e. The molecule has 0 spiro atoms. The minimum absolute atomic E-state index is 0.858. The molecular weight excluding hydrogens is 384 g/mol. The molecule has 0 fully saturated rings. The normalized spacial score (nSPS) is 12.9. The zero-order valence-corrected chi connectivity index (χ0v) is 16.5. The summed E-state index contributed by atoms with van der Waals surface area (Å²) < 4.78 is 5.97. The predicted octanol–water partition coefficient (Wildman–Crippen LogP) is 7.96. The van der Waals surface area contributed by atoms with Gasteiger partial charge in [-0.25, -0.2) is 0 Å². The Morgan fingerprint density at radius 3 is 2.50 bits per heavy atom. The summed E-state index contributed by atoms with van der Waals surface area (Å²) in [4.78, 5) is 2.57. The molecule has 2 heterocycles. The smallest absolute Gasteiger partial charge is 0.135 e. The summed E-state index contributed by atoms with van der Waals surface area (Å²) in [5, 5.41) is 3.18. The van der Waals surface area contributed by atoms with Crippen LogP contribution in [0.3, 0.4) is 0 Å². The van der Waals surface area contributed by atoms with Gasteiger partial charge in [0.15, 0.2) is 0 Å². The van der Waals surface area contributed by atoms with E-state index in [9.17, 15) is 0 Å². The van der Waals surface area contributed by atoms with Gasteiger partial charge in [-0.15, -0.1) is 0 Å². The van der Waals surface area contributed by atoms with Gasteiger partial charge in [0.05, 0.1) is 0 Å². The van der Waals surface area contributed by atoms with E-state index in [0.717, 1.165) is 33.4 Å². The first-order chi connectivity index (χ1) is 13.8. The molecule has 0 unspecified atom stereocenters. The Morgan fingerprint density at radius 1 is 0.714 bits per heavy atom. The van der Waals surface area contributed by atoms with Gasteiger partial charge in [-0.1, -0.05) is 65.8 Å². The Labute approximate surface area is 171 Å². The maximum absolute atomic E-state index is 6.41. The maximum atomic E-state index is 6.41. The Morgan fingerprint density at radius 2 is 1.54 bits per heavy atom. The lowest BCUT2D eigenvalue weighted by molar-refractivity contribution is 0.669. The first-order valence-electron chi connectivity index (χ1n) is 9.26. The molecule has 134 valence electrons. The van der Waals surface area contributed by atoms with E-state index in [2.05, 4.69) is 54.6 Å². The van der Waals surface area contributed by atoms with Crippen LogP contribution in [0.15, 0.2) is 93.1 Å². The quantitative estimate of drug-likeness (QED) is 0.278. The molecule has 0 amide bonds. The number of hydrogen-bond donors (Lipinski definition) is 0. The fraction of sp³-hybridized carbons (Fsp3) is 0.0400. The molecule has 0 radical (unpaired) electrons. The highest BCUT2D eigenvalue weighted by molar-refractivity contribution is 7.99. The highest BCUT2D eigenvalue weighted by atomic mass is 35.5. The average Bonchev–Trinajstić information content (AvgIpc) is 3.10. The van der Waals surface area contributed by atoms with Crippen LogP contribution in [0, 0.1) is 0 Å². The van der Waals surface area contributed by atoms with E-state index < -0.39 is 0 Å². The summed E-state index contributed by atoms with van der Waals surface area (Å²) in [5.41, 5.74) is 6.87. The van der Waals surface area contributed by atoms with Gasteiger partial charge < -0.3 is 4.42 Å². The fourth-order valence-corrected chi connectivity index (χ4v) is 5.44. The van der Waals surface area contributed by atoms with Gasteiger partial charge in [-0.3, -0.25) is 0 Å². The summed E-state index contributed by atoms with van der Waals surface area (Å²) in [7, 11) is 0. The van der Waals surface area contributed by atoms with Crippen molar-refractivity contribution in [3.8, 4) is 11.1 Å². The van der Waals surface area contributed by atoms with Crippen LogP contribution < -0.4 is 0 Å². The zero-order chi connectivity index (χ0) is 18.7. The molecule has 5 aromatic rings. The molecular formula is C25H15ClOS. The van der Waals surface area contributed by atoms with Gasteiger partial charge in [0, 0.05) is 32.0 Å². The minimum atomic E-state index is 0.858. The molecule has 3 heteroatoms. The molecule has 0 saturated carbocycles. The van der Waals surface area contributed by atoms with Crippen LogP contribution in [-0.4, -0.2) is 0 Å². The van der Waals surface area contributed by atoms with Gasteiger partial charge in [0.2, 0.25) is 0 Å². The highest BCUT2D eigenvalue weighted by Gasteiger charge is 2.19. The standard InChI is InChI=1S/C25H15ClOS/c26-21-5-3-7-24-20(21)13-17-9-8-16(14-25(17)28-24)15-10-11-23-19(12-15)18-4-1-2-6-22(18)27-23/h1-12,14H,13H2. The number of halogens is 1. The lowest BCUT2D eigenvalue weighted by Crippen LogP contribution is -2.00. The molecule has 4 aromatic carbocycles. The van der Waals surface area contributed by atoms with Crippen molar-refractivity contribution in [3.05, 3.63) is 95.0 Å². The van der Waals surface area contributed by atoms with Crippen LogP contribution in [0.4, 0.5) is 0 Å². The Balaban J connectivity index is 1.46. The van der Waals surface area contributed by atoms with E-state index in [0.29, 0.717) is 0 Å². The van der Waals surface area contributed by atoms with Crippen LogP contribution >= 0.6 is 23.4 Å².